The lowest BCUT2D eigenvalue weighted by Crippen LogP contribution is -2.33. The number of hydrogen-bond donors (Lipinski definition) is 1. The molecule has 0 fully saturated rings. The summed E-state index contributed by atoms with van der Waals surface area (Å²) in [4.78, 5) is 6.37. The van der Waals surface area contributed by atoms with Crippen LogP contribution in [-0.4, -0.2) is 11.5 Å². The maximum absolute atomic E-state index is 14.0. The van der Waals surface area contributed by atoms with Gasteiger partial charge in [0.15, 0.2) is 0 Å². The monoisotopic (exact) mass is 296 g/mol. The molecule has 0 amide bonds. The molecule has 0 atom stereocenters. The van der Waals surface area contributed by atoms with Gasteiger partial charge in [-0.05, 0) is 29.7 Å². The number of para-hydroxylation sites is 1. The lowest BCUT2D eigenvalue weighted by Gasteiger charge is -2.32. The number of nitrogens with two attached hydrogens (primary N) is 1. The van der Waals surface area contributed by atoms with Crippen LogP contribution in [0.1, 0.15) is 29.3 Å². The molecule has 4 nitrogen and oxygen atoms in total. The molecule has 0 aliphatic carbocycles. The molecule has 1 aromatic carbocycles. The fraction of sp³-hybridized carbons (Fsp3) is 0.294. The molecule has 1 aliphatic heterocycles. The predicted octanol–water partition coefficient (Wildman–Crippen LogP) is 2.80. The number of fused-ring (bicyclic) bond motifs is 1. The van der Waals surface area contributed by atoms with Gasteiger partial charge in [-0.3, -0.25) is 0 Å². The molecule has 0 saturated carbocycles. The lowest BCUT2D eigenvalue weighted by atomic mass is 9.94. The number of nitrogens with zero attached hydrogens (tertiary/aromatic N) is 3. The normalized spacial score (nSPS) is 13.6. The average molecular weight is 296 g/mol. The van der Waals surface area contributed by atoms with E-state index < -0.39 is 0 Å². The SMILES string of the molecule is CCc1c(C#N)c(N)nc2c1CN(c1ccccc1F)CC2. The molecule has 0 unspecified atom stereocenters. The van der Waals surface area contributed by atoms with Crippen molar-refractivity contribution < 1.29 is 4.39 Å². The molecule has 2 aromatic rings. The van der Waals surface area contributed by atoms with Crippen LogP contribution >= 0.6 is 0 Å². The fourth-order valence-electron chi connectivity index (χ4n) is 3.08. The molecular formula is C17H17FN4. The van der Waals surface area contributed by atoms with Gasteiger partial charge in [0.25, 0.3) is 0 Å². The van der Waals surface area contributed by atoms with Gasteiger partial charge in [-0.25, -0.2) is 9.37 Å². The van der Waals surface area contributed by atoms with Crippen molar-refractivity contribution in [2.45, 2.75) is 26.3 Å². The van der Waals surface area contributed by atoms with E-state index in [2.05, 4.69) is 11.1 Å². The second-order valence-corrected chi connectivity index (χ2v) is 5.36. The van der Waals surface area contributed by atoms with Crippen LogP contribution in [0.15, 0.2) is 24.3 Å². The summed E-state index contributed by atoms with van der Waals surface area (Å²) in [5.74, 6) is 0.0744. The summed E-state index contributed by atoms with van der Waals surface area (Å²) < 4.78 is 14.0. The molecule has 2 N–H and O–H groups in total. The van der Waals surface area contributed by atoms with E-state index in [4.69, 9.17) is 5.73 Å². The third-order valence-electron chi connectivity index (χ3n) is 4.15. The van der Waals surface area contributed by atoms with E-state index in [-0.39, 0.29) is 5.82 Å². The van der Waals surface area contributed by atoms with Crippen LogP contribution in [0.2, 0.25) is 0 Å². The van der Waals surface area contributed by atoms with Gasteiger partial charge >= 0.3 is 0 Å². The van der Waals surface area contributed by atoms with Gasteiger partial charge in [-0.15, -0.1) is 0 Å². The predicted molar refractivity (Wildman–Crippen MR) is 83.9 cm³/mol. The Morgan fingerprint density at radius 1 is 1.41 bits per heavy atom. The van der Waals surface area contributed by atoms with E-state index in [9.17, 15) is 9.65 Å². The highest BCUT2D eigenvalue weighted by atomic mass is 19.1. The van der Waals surface area contributed by atoms with Crippen LogP contribution in [0, 0.1) is 17.1 Å². The number of benzene rings is 1. The van der Waals surface area contributed by atoms with Crippen molar-refractivity contribution in [3.63, 3.8) is 0 Å². The number of pyridine rings is 1. The van der Waals surface area contributed by atoms with Gasteiger partial charge < -0.3 is 10.6 Å². The minimum Gasteiger partial charge on any atom is -0.383 e. The molecule has 0 spiro atoms. The van der Waals surface area contributed by atoms with Crippen molar-refractivity contribution >= 4 is 11.5 Å². The summed E-state index contributed by atoms with van der Waals surface area (Å²) >= 11 is 0. The van der Waals surface area contributed by atoms with Crippen molar-refractivity contribution in [2.24, 2.45) is 0 Å². The molecule has 3 rings (SSSR count). The summed E-state index contributed by atoms with van der Waals surface area (Å²) in [6, 6.07) is 8.91. The molecule has 1 aromatic heterocycles. The molecular weight excluding hydrogens is 279 g/mol. The largest absolute Gasteiger partial charge is 0.383 e. The van der Waals surface area contributed by atoms with E-state index in [1.807, 2.05) is 17.9 Å². The Morgan fingerprint density at radius 2 is 2.18 bits per heavy atom. The number of hydrogen-bond acceptors (Lipinski definition) is 4. The summed E-state index contributed by atoms with van der Waals surface area (Å²) in [5.41, 5.74) is 9.82. The highest BCUT2D eigenvalue weighted by molar-refractivity contribution is 5.60. The summed E-state index contributed by atoms with van der Waals surface area (Å²) in [5, 5.41) is 9.32. The van der Waals surface area contributed by atoms with E-state index >= 15 is 0 Å². The molecule has 5 heteroatoms. The van der Waals surface area contributed by atoms with Gasteiger partial charge in [0.1, 0.15) is 17.7 Å². The Morgan fingerprint density at radius 3 is 2.86 bits per heavy atom. The zero-order valence-electron chi connectivity index (χ0n) is 12.4. The summed E-state index contributed by atoms with van der Waals surface area (Å²) in [7, 11) is 0. The minimum atomic E-state index is -0.229. The third kappa shape index (κ3) is 2.27. The van der Waals surface area contributed by atoms with Gasteiger partial charge in [0.05, 0.1) is 11.3 Å². The second kappa shape index (κ2) is 5.64. The Balaban J connectivity index is 2.06. The van der Waals surface area contributed by atoms with Crippen molar-refractivity contribution in [3.8, 4) is 6.07 Å². The number of anilines is 2. The first-order valence-electron chi connectivity index (χ1n) is 7.35. The Hall–Kier alpha value is -2.61. The lowest BCUT2D eigenvalue weighted by molar-refractivity contribution is 0.607. The molecule has 1 aliphatic rings. The van der Waals surface area contributed by atoms with Crippen molar-refractivity contribution in [3.05, 3.63) is 52.5 Å². The van der Waals surface area contributed by atoms with Crippen molar-refractivity contribution in [2.75, 3.05) is 17.2 Å². The Labute approximate surface area is 129 Å². The molecule has 0 radical (unpaired) electrons. The number of aromatic nitrogens is 1. The maximum Gasteiger partial charge on any atom is 0.146 e. The number of halogens is 1. The highest BCUT2D eigenvalue weighted by Crippen LogP contribution is 2.30. The molecule has 112 valence electrons. The smallest absolute Gasteiger partial charge is 0.146 e. The quantitative estimate of drug-likeness (QED) is 0.925. The van der Waals surface area contributed by atoms with Crippen LogP contribution in [0.4, 0.5) is 15.9 Å². The van der Waals surface area contributed by atoms with Gasteiger partial charge in [-0.1, -0.05) is 19.1 Å². The van der Waals surface area contributed by atoms with Crippen LogP contribution in [0.3, 0.4) is 0 Å². The first kappa shape index (κ1) is 14.3. The average Bonchev–Trinajstić information content (AvgIpc) is 2.53. The molecule has 22 heavy (non-hydrogen) atoms. The van der Waals surface area contributed by atoms with Crippen LogP contribution in [0.25, 0.3) is 0 Å². The zero-order chi connectivity index (χ0) is 15.7. The Kier molecular flexibility index (Phi) is 3.68. The number of rotatable bonds is 2. The van der Waals surface area contributed by atoms with Crippen molar-refractivity contribution in [1.82, 2.24) is 4.98 Å². The number of nitrogen functional groups attached to an aromatic ring is 1. The maximum atomic E-state index is 14.0. The first-order valence-corrected chi connectivity index (χ1v) is 7.35. The standard InChI is InChI=1S/C17H17FN4/c1-2-11-12(9-19)17(20)21-15-7-8-22(10-13(11)15)16-6-4-3-5-14(16)18/h3-6H,2,7-8,10H2,1H3,(H2,20,21). The first-order chi connectivity index (χ1) is 10.7. The van der Waals surface area contributed by atoms with Crippen LogP contribution in [0.5, 0.6) is 0 Å². The van der Waals surface area contributed by atoms with E-state index in [1.165, 1.54) is 6.07 Å². The van der Waals surface area contributed by atoms with E-state index in [0.29, 0.717) is 43.0 Å². The van der Waals surface area contributed by atoms with Crippen molar-refractivity contribution in [1.29, 1.82) is 5.26 Å². The van der Waals surface area contributed by atoms with Gasteiger partial charge in [0, 0.05) is 25.2 Å². The molecule has 2 heterocycles. The van der Waals surface area contributed by atoms with Gasteiger partial charge in [0.2, 0.25) is 0 Å². The molecule has 0 bridgehead atoms. The summed E-state index contributed by atoms with van der Waals surface area (Å²) in [6.45, 7) is 3.24. The number of nitriles is 1. The summed E-state index contributed by atoms with van der Waals surface area (Å²) in [6.07, 6.45) is 1.41. The topological polar surface area (TPSA) is 65.9 Å². The second-order valence-electron chi connectivity index (χ2n) is 5.36. The zero-order valence-corrected chi connectivity index (χ0v) is 12.4. The minimum absolute atomic E-state index is 0.229. The third-order valence-corrected chi connectivity index (χ3v) is 4.15. The fourth-order valence-corrected chi connectivity index (χ4v) is 3.08. The van der Waals surface area contributed by atoms with Crippen LogP contribution < -0.4 is 10.6 Å². The Bertz CT molecular complexity index is 764. The van der Waals surface area contributed by atoms with Crippen LogP contribution in [-0.2, 0) is 19.4 Å². The molecule has 0 saturated heterocycles. The highest BCUT2D eigenvalue weighted by Gasteiger charge is 2.24. The van der Waals surface area contributed by atoms with E-state index in [1.54, 1.807) is 12.1 Å². The van der Waals surface area contributed by atoms with Gasteiger partial charge in [-0.2, -0.15) is 5.26 Å². The van der Waals surface area contributed by atoms with E-state index in [0.717, 1.165) is 16.8 Å².